The zero-order valence-corrected chi connectivity index (χ0v) is 12.4. The molecule has 1 aliphatic heterocycles. The Labute approximate surface area is 118 Å². The van der Waals surface area contributed by atoms with Gasteiger partial charge in [-0.15, -0.1) is 11.8 Å². The minimum atomic E-state index is -0.917. The molecular formula is C13H22N2O3S. The van der Waals surface area contributed by atoms with Gasteiger partial charge in [0.2, 0.25) is 0 Å². The molecule has 2 fully saturated rings. The Morgan fingerprint density at radius 3 is 2.47 bits per heavy atom. The molecule has 1 saturated carbocycles. The first kappa shape index (κ1) is 14.5. The molecule has 1 aliphatic carbocycles. The van der Waals surface area contributed by atoms with Gasteiger partial charge in [-0.05, 0) is 31.6 Å². The van der Waals surface area contributed by atoms with E-state index in [1.54, 1.807) is 0 Å². The third-order valence-electron chi connectivity index (χ3n) is 4.52. The number of carbonyl (C=O) groups is 2. The maximum absolute atomic E-state index is 12.3. The molecule has 2 N–H and O–H groups in total. The van der Waals surface area contributed by atoms with Crippen LogP contribution in [-0.4, -0.2) is 45.2 Å². The molecule has 5 nitrogen and oxygen atoms in total. The molecule has 2 amide bonds. The van der Waals surface area contributed by atoms with E-state index in [-0.39, 0.29) is 17.4 Å². The number of hydrogen-bond acceptors (Lipinski definition) is 3. The molecule has 0 spiro atoms. The van der Waals surface area contributed by atoms with Gasteiger partial charge in [0.1, 0.15) is 6.04 Å². The lowest BCUT2D eigenvalue weighted by Gasteiger charge is -2.28. The van der Waals surface area contributed by atoms with Gasteiger partial charge in [0.15, 0.2) is 0 Å². The molecule has 108 valence electrons. The van der Waals surface area contributed by atoms with Crippen LogP contribution >= 0.6 is 11.8 Å². The lowest BCUT2D eigenvalue weighted by molar-refractivity contribution is -0.141. The van der Waals surface area contributed by atoms with Crippen molar-refractivity contribution >= 4 is 23.8 Å². The van der Waals surface area contributed by atoms with E-state index >= 15 is 0 Å². The van der Waals surface area contributed by atoms with Gasteiger partial charge in [-0.25, -0.2) is 9.59 Å². The number of thioether (sulfide) groups is 1. The highest BCUT2D eigenvalue weighted by Gasteiger charge is 2.41. The van der Waals surface area contributed by atoms with Gasteiger partial charge in [0, 0.05) is 11.8 Å². The molecule has 0 aromatic heterocycles. The topological polar surface area (TPSA) is 69.6 Å². The van der Waals surface area contributed by atoms with E-state index in [1.807, 2.05) is 6.92 Å². The fraction of sp³-hybridized carbons (Fsp3) is 0.846. The van der Waals surface area contributed by atoms with E-state index < -0.39 is 12.0 Å². The van der Waals surface area contributed by atoms with Crippen molar-refractivity contribution in [1.29, 1.82) is 0 Å². The largest absolute Gasteiger partial charge is 0.480 e. The molecule has 1 heterocycles. The second-order valence-electron chi connectivity index (χ2n) is 5.66. The molecule has 0 bridgehead atoms. The second kappa shape index (κ2) is 5.61. The second-order valence-corrected chi connectivity index (χ2v) is 7.01. The summed E-state index contributed by atoms with van der Waals surface area (Å²) >= 11 is 1.51. The standard InChI is InChI=1S/C13H22N2O3S/c1-7-4-5-10(8(7)2)14-13(18)15-9(3)19-6-11(15)12(16)17/h7-11H,4-6H2,1-3H3,(H,14,18)(H,16,17). The van der Waals surface area contributed by atoms with Crippen molar-refractivity contribution in [1.82, 2.24) is 10.2 Å². The summed E-state index contributed by atoms with van der Waals surface area (Å²) in [6.07, 6.45) is 2.11. The number of carboxylic acids is 1. The van der Waals surface area contributed by atoms with E-state index in [1.165, 1.54) is 16.7 Å². The number of urea groups is 1. The Hall–Kier alpha value is -0.910. The van der Waals surface area contributed by atoms with Crippen molar-refractivity contribution in [2.45, 2.75) is 51.1 Å². The minimum absolute atomic E-state index is 0.0739. The zero-order chi connectivity index (χ0) is 14.2. The Balaban J connectivity index is 2.00. The Kier molecular flexibility index (Phi) is 4.28. The SMILES string of the molecule is CC1CCC(NC(=O)N2C(C)SCC2C(=O)O)C1C. The van der Waals surface area contributed by atoms with Crippen LogP contribution in [0.1, 0.15) is 33.6 Å². The van der Waals surface area contributed by atoms with E-state index in [0.29, 0.717) is 17.6 Å². The minimum Gasteiger partial charge on any atom is -0.480 e. The lowest BCUT2D eigenvalue weighted by atomic mass is 9.98. The van der Waals surface area contributed by atoms with Crippen LogP contribution in [0, 0.1) is 11.8 Å². The fourth-order valence-electron chi connectivity index (χ4n) is 2.94. The molecule has 1 saturated heterocycles. The van der Waals surface area contributed by atoms with Gasteiger partial charge in [0.25, 0.3) is 0 Å². The summed E-state index contributed by atoms with van der Waals surface area (Å²) in [6, 6.07) is -0.750. The summed E-state index contributed by atoms with van der Waals surface area (Å²) in [6.45, 7) is 6.23. The summed E-state index contributed by atoms with van der Waals surface area (Å²) in [5, 5.41) is 12.1. The van der Waals surface area contributed by atoms with Gasteiger partial charge in [-0.1, -0.05) is 13.8 Å². The third-order valence-corrected chi connectivity index (χ3v) is 5.73. The highest BCUT2D eigenvalue weighted by molar-refractivity contribution is 8.00. The van der Waals surface area contributed by atoms with Gasteiger partial charge in [-0.3, -0.25) is 4.90 Å². The molecule has 5 unspecified atom stereocenters. The average molecular weight is 286 g/mol. The summed E-state index contributed by atoms with van der Waals surface area (Å²) in [4.78, 5) is 25.0. The van der Waals surface area contributed by atoms with E-state index in [4.69, 9.17) is 0 Å². The van der Waals surface area contributed by atoms with Crippen LogP contribution in [-0.2, 0) is 4.79 Å². The lowest BCUT2D eigenvalue weighted by Crippen LogP contribution is -2.52. The first-order valence-electron chi connectivity index (χ1n) is 6.85. The molecule has 19 heavy (non-hydrogen) atoms. The van der Waals surface area contributed by atoms with Crippen molar-refractivity contribution in [2.75, 3.05) is 5.75 Å². The number of amides is 2. The van der Waals surface area contributed by atoms with Crippen molar-refractivity contribution in [2.24, 2.45) is 11.8 Å². The van der Waals surface area contributed by atoms with Crippen LogP contribution < -0.4 is 5.32 Å². The Bertz CT molecular complexity index is 377. The predicted octanol–water partition coefficient (Wildman–Crippen LogP) is 1.98. The van der Waals surface area contributed by atoms with E-state index in [0.717, 1.165) is 12.8 Å². The molecule has 6 heteroatoms. The molecule has 5 atom stereocenters. The number of rotatable bonds is 2. The molecule has 0 aromatic carbocycles. The normalized spacial score (nSPS) is 38.5. The Morgan fingerprint density at radius 1 is 1.26 bits per heavy atom. The quantitative estimate of drug-likeness (QED) is 0.814. The van der Waals surface area contributed by atoms with Gasteiger partial charge >= 0.3 is 12.0 Å². The first-order chi connectivity index (χ1) is 8.91. The molecular weight excluding hydrogens is 264 g/mol. The molecule has 0 radical (unpaired) electrons. The predicted molar refractivity (Wildman–Crippen MR) is 75.1 cm³/mol. The number of carboxylic acid groups (broad SMARTS) is 1. The first-order valence-corrected chi connectivity index (χ1v) is 7.90. The third kappa shape index (κ3) is 2.83. The highest BCUT2D eigenvalue weighted by Crippen LogP contribution is 2.33. The fourth-order valence-corrected chi connectivity index (χ4v) is 4.11. The van der Waals surface area contributed by atoms with E-state index in [9.17, 15) is 14.7 Å². The molecule has 2 aliphatic rings. The van der Waals surface area contributed by atoms with Crippen LogP contribution in [0.15, 0.2) is 0 Å². The Morgan fingerprint density at radius 2 is 1.95 bits per heavy atom. The van der Waals surface area contributed by atoms with Gasteiger partial charge in [-0.2, -0.15) is 0 Å². The van der Waals surface area contributed by atoms with Crippen molar-refractivity contribution in [3.05, 3.63) is 0 Å². The van der Waals surface area contributed by atoms with Crippen LogP contribution in [0.5, 0.6) is 0 Å². The molecule has 0 aromatic rings. The van der Waals surface area contributed by atoms with Gasteiger partial charge in [0.05, 0.1) is 5.37 Å². The number of carbonyl (C=O) groups excluding carboxylic acids is 1. The van der Waals surface area contributed by atoms with Crippen LogP contribution in [0.25, 0.3) is 0 Å². The number of aliphatic carboxylic acids is 1. The summed E-state index contributed by atoms with van der Waals surface area (Å²) < 4.78 is 0. The molecule has 2 rings (SSSR count). The van der Waals surface area contributed by atoms with E-state index in [2.05, 4.69) is 19.2 Å². The number of nitrogens with zero attached hydrogens (tertiary/aromatic N) is 1. The van der Waals surface area contributed by atoms with Crippen molar-refractivity contribution < 1.29 is 14.7 Å². The van der Waals surface area contributed by atoms with Crippen molar-refractivity contribution in [3.63, 3.8) is 0 Å². The van der Waals surface area contributed by atoms with Crippen molar-refractivity contribution in [3.8, 4) is 0 Å². The van der Waals surface area contributed by atoms with Crippen LogP contribution in [0.4, 0.5) is 4.79 Å². The summed E-state index contributed by atoms with van der Waals surface area (Å²) in [5.74, 6) is 0.629. The maximum atomic E-state index is 12.3. The summed E-state index contributed by atoms with van der Waals surface area (Å²) in [5.41, 5.74) is 0. The summed E-state index contributed by atoms with van der Waals surface area (Å²) in [7, 11) is 0. The van der Waals surface area contributed by atoms with Gasteiger partial charge < -0.3 is 10.4 Å². The monoisotopic (exact) mass is 286 g/mol. The number of nitrogens with one attached hydrogen (secondary N) is 1. The van der Waals surface area contributed by atoms with Crippen LogP contribution in [0.2, 0.25) is 0 Å². The number of hydrogen-bond donors (Lipinski definition) is 2. The smallest absolute Gasteiger partial charge is 0.327 e. The average Bonchev–Trinajstić information content (AvgIpc) is 2.87. The maximum Gasteiger partial charge on any atom is 0.327 e. The van der Waals surface area contributed by atoms with Crippen LogP contribution in [0.3, 0.4) is 0 Å². The highest BCUT2D eigenvalue weighted by atomic mass is 32.2. The zero-order valence-electron chi connectivity index (χ0n) is 11.6.